The lowest BCUT2D eigenvalue weighted by Gasteiger charge is -2.36. The van der Waals surface area contributed by atoms with Gasteiger partial charge in [-0.2, -0.15) is 0 Å². The van der Waals surface area contributed by atoms with E-state index in [2.05, 4.69) is 10.2 Å². The van der Waals surface area contributed by atoms with Crippen LogP contribution < -0.4 is 10.1 Å². The summed E-state index contributed by atoms with van der Waals surface area (Å²) < 4.78 is 11.4. The van der Waals surface area contributed by atoms with E-state index in [4.69, 9.17) is 32.7 Å². The molecule has 2 aromatic rings. The second kappa shape index (κ2) is 10.9. The molecule has 2 saturated heterocycles. The van der Waals surface area contributed by atoms with Crippen LogP contribution in [0.1, 0.15) is 37.7 Å². The zero-order chi connectivity index (χ0) is 22.4. The number of amides is 1. The second-order valence-corrected chi connectivity index (χ2v) is 9.39. The molecule has 0 spiro atoms. The first-order valence-corrected chi connectivity index (χ1v) is 12.1. The lowest BCUT2D eigenvalue weighted by atomic mass is 9.73. The van der Waals surface area contributed by atoms with E-state index in [1.165, 1.54) is 25.9 Å². The van der Waals surface area contributed by atoms with Crippen LogP contribution in [0.2, 0.25) is 10.0 Å². The summed E-state index contributed by atoms with van der Waals surface area (Å²) in [6.45, 7) is 5.23. The number of ether oxygens (including phenoxy) is 2. The summed E-state index contributed by atoms with van der Waals surface area (Å²) >= 11 is 12.6. The first kappa shape index (κ1) is 23.4. The van der Waals surface area contributed by atoms with Crippen molar-refractivity contribution in [2.75, 3.05) is 44.8 Å². The van der Waals surface area contributed by atoms with Crippen molar-refractivity contribution in [1.82, 2.24) is 4.90 Å². The summed E-state index contributed by atoms with van der Waals surface area (Å²) in [6, 6.07) is 12.9. The van der Waals surface area contributed by atoms with Crippen LogP contribution in [0.4, 0.5) is 5.69 Å². The average molecular weight is 477 g/mol. The Kier molecular flexibility index (Phi) is 7.95. The van der Waals surface area contributed by atoms with Gasteiger partial charge >= 0.3 is 0 Å². The lowest BCUT2D eigenvalue weighted by molar-refractivity contribution is -0.125. The van der Waals surface area contributed by atoms with Crippen molar-refractivity contribution >= 4 is 34.8 Å². The second-order valence-electron chi connectivity index (χ2n) is 8.55. The number of hydrogen-bond acceptors (Lipinski definition) is 4. The number of likely N-dealkylation sites (tertiary alicyclic amines) is 1. The van der Waals surface area contributed by atoms with Gasteiger partial charge in [0.15, 0.2) is 0 Å². The smallest absolute Gasteiger partial charge is 0.235 e. The summed E-state index contributed by atoms with van der Waals surface area (Å²) in [7, 11) is 0. The van der Waals surface area contributed by atoms with Crippen molar-refractivity contribution in [3.05, 3.63) is 58.1 Å². The first-order valence-electron chi connectivity index (χ1n) is 11.4. The van der Waals surface area contributed by atoms with E-state index in [0.29, 0.717) is 42.7 Å². The summed E-state index contributed by atoms with van der Waals surface area (Å²) in [6.07, 6.45) is 4.78. The third-order valence-corrected chi connectivity index (χ3v) is 6.97. The fourth-order valence-corrected chi connectivity index (χ4v) is 5.18. The maximum absolute atomic E-state index is 13.5. The number of hydrogen-bond donors (Lipinski definition) is 1. The number of halogens is 2. The molecule has 2 aliphatic heterocycles. The van der Waals surface area contributed by atoms with Gasteiger partial charge in [-0.05, 0) is 87.2 Å². The van der Waals surface area contributed by atoms with E-state index in [0.717, 1.165) is 30.0 Å². The van der Waals surface area contributed by atoms with Crippen molar-refractivity contribution in [1.29, 1.82) is 0 Å². The fraction of sp³-hybridized carbons (Fsp3) is 0.480. The van der Waals surface area contributed by atoms with E-state index in [1.807, 2.05) is 30.3 Å². The Bertz CT molecular complexity index is 908. The molecule has 1 N–H and O–H groups in total. The van der Waals surface area contributed by atoms with Gasteiger partial charge in [0.25, 0.3) is 0 Å². The lowest BCUT2D eigenvalue weighted by Crippen LogP contribution is -2.45. The van der Waals surface area contributed by atoms with Gasteiger partial charge in [-0.3, -0.25) is 4.79 Å². The van der Waals surface area contributed by atoms with Crippen molar-refractivity contribution in [3.63, 3.8) is 0 Å². The zero-order valence-corrected chi connectivity index (χ0v) is 19.8. The molecule has 32 heavy (non-hydrogen) atoms. The number of nitrogens with zero attached hydrogens (tertiary/aromatic N) is 1. The molecule has 2 heterocycles. The van der Waals surface area contributed by atoms with Gasteiger partial charge in [0, 0.05) is 35.5 Å². The van der Waals surface area contributed by atoms with Gasteiger partial charge < -0.3 is 19.7 Å². The van der Waals surface area contributed by atoms with Gasteiger partial charge in [-0.1, -0.05) is 29.3 Å². The Hall–Kier alpha value is -1.79. The van der Waals surface area contributed by atoms with Crippen LogP contribution in [-0.2, 0) is 14.9 Å². The van der Waals surface area contributed by atoms with Crippen molar-refractivity contribution in [2.45, 2.75) is 37.5 Å². The molecule has 7 heteroatoms. The topological polar surface area (TPSA) is 50.8 Å². The van der Waals surface area contributed by atoms with Gasteiger partial charge in [-0.15, -0.1) is 0 Å². The summed E-state index contributed by atoms with van der Waals surface area (Å²) in [5, 5.41) is 4.14. The Balaban J connectivity index is 1.37. The number of carbonyl (C=O) groups excluding carboxylic acids is 1. The Morgan fingerprint density at radius 3 is 2.47 bits per heavy atom. The molecule has 0 atom stereocenters. The predicted molar refractivity (Wildman–Crippen MR) is 129 cm³/mol. The maximum atomic E-state index is 13.5. The number of carbonyl (C=O) groups is 1. The molecule has 0 aromatic heterocycles. The highest BCUT2D eigenvalue weighted by atomic mass is 35.5. The molecule has 0 saturated carbocycles. The first-order chi connectivity index (χ1) is 15.6. The molecule has 2 fully saturated rings. The van der Waals surface area contributed by atoms with Crippen molar-refractivity contribution < 1.29 is 14.3 Å². The predicted octanol–water partition coefficient (Wildman–Crippen LogP) is 5.55. The molecule has 2 aromatic carbocycles. The molecule has 4 rings (SSSR count). The third kappa shape index (κ3) is 5.57. The minimum Gasteiger partial charge on any atom is -0.494 e. The normalized spacial score (nSPS) is 18.4. The van der Waals surface area contributed by atoms with E-state index in [1.54, 1.807) is 12.1 Å². The Labute approximate surface area is 200 Å². The third-order valence-electron chi connectivity index (χ3n) is 6.43. The SMILES string of the molecule is O=C(Nc1ccc(OCCCN2CCCC2)cc1)C1(c2ccc(Cl)cc2Cl)CCOCC1. The molecule has 0 aliphatic carbocycles. The van der Waals surface area contributed by atoms with Crippen LogP contribution in [0, 0.1) is 0 Å². The largest absolute Gasteiger partial charge is 0.494 e. The fourth-order valence-electron chi connectivity index (χ4n) is 4.59. The highest BCUT2D eigenvalue weighted by Crippen LogP contribution is 2.40. The van der Waals surface area contributed by atoms with Crippen LogP contribution in [0.3, 0.4) is 0 Å². The van der Waals surface area contributed by atoms with Crippen molar-refractivity contribution in [3.8, 4) is 5.75 Å². The quantitative estimate of drug-likeness (QED) is 0.507. The molecule has 172 valence electrons. The monoisotopic (exact) mass is 476 g/mol. The highest BCUT2D eigenvalue weighted by molar-refractivity contribution is 6.35. The van der Waals surface area contributed by atoms with E-state index in [9.17, 15) is 4.79 Å². The molecule has 0 bridgehead atoms. The molecule has 5 nitrogen and oxygen atoms in total. The molecular formula is C25H30Cl2N2O3. The molecule has 1 amide bonds. The molecular weight excluding hydrogens is 447 g/mol. The van der Waals surface area contributed by atoms with Crippen molar-refractivity contribution in [2.24, 2.45) is 0 Å². The van der Waals surface area contributed by atoms with Crippen LogP contribution >= 0.6 is 23.2 Å². The summed E-state index contributed by atoms with van der Waals surface area (Å²) in [5.41, 5.74) is 0.780. The summed E-state index contributed by atoms with van der Waals surface area (Å²) in [5.74, 6) is 0.732. The molecule has 0 radical (unpaired) electrons. The van der Waals surface area contributed by atoms with Gasteiger partial charge in [0.1, 0.15) is 5.75 Å². The number of anilines is 1. The Morgan fingerprint density at radius 1 is 1.06 bits per heavy atom. The standard InChI is InChI=1S/C25H30Cl2N2O3/c26-19-4-9-22(23(27)18-19)25(10-16-31-17-11-25)24(30)28-20-5-7-21(8-6-20)32-15-3-14-29-12-1-2-13-29/h4-9,18H,1-3,10-17H2,(H,28,30). The van der Waals surface area contributed by atoms with E-state index >= 15 is 0 Å². The zero-order valence-electron chi connectivity index (χ0n) is 18.2. The van der Waals surface area contributed by atoms with E-state index < -0.39 is 5.41 Å². The number of nitrogens with one attached hydrogen (secondary N) is 1. The number of rotatable bonds is 8. The minimum absolute atomic E-state index is 0.0793. The van der Waals surface area contributed by atoms with Crippen LogP contribution in [0.15, 0.2) is 42.5 Å². The molecule has 0 unspecified atom stereocenters. The number of benzene rings is 2. The maximum Gasteiger partial charge on any atom is 0.235 e. The van der Waals surface area contributed by atoms with Gasteiger partial charge in [0.05, 0.1) is 12.0 Å². The van der Waals surface area contributed by atoms with Gasteiger partial charge in [0.2, 0.25) is 5.91 Å². The molecule has 2 aliphatic rings. The van der Waals surface area contributed by atoms with E-state index in [-0.39, 0.29) is 5.91 Å². The van der Waals surface area contributed by atoms with Gasteiger partial charge in [-0.25, -0.2) is 0 Å². The summed E-state index contributed by atoms with van der Waals surface area (Å²) in [4.78, 5) is 15.9. The van der Waals surface area contributed by atoms with Crippen LogP contribution in [-0.4, -0.2) is 50.3 Å². The van der Waals surface area contributed by atoms with Crippen LogP contribution in [0.25, 0.3) is 0 Å². The highest BCUT2D eigenvalue weighted by Gasteiger charge is 2.43. The Morgan fingerprint density at radius 2 is 1.78 bits per heavy atom. The van der Waals surface area contributed by atoms with Crippen LogP contribution in [0.5, 0.6) is 5.75 Å². The average Bonchev–Trinajstić information content (AvgIpc) is 3.32. The minimum atomic E-state index is -0.745.